The Morgan fingerprint density at radius 1 is 0.882 bits per heavy atom. The molecule has 1 heterocycles. The molecule has 170 valence electrons. The van der Waals surface area contributed by atoms with E-state index in [2.05, 4.69) is 6.92 Å². The second-order valence-corrected chi connectivity index (χ2v) is 8.95. The van der Waals surface area contributed by atoms with Crippen LogP contribution < -0.4 is 4.90 Å². The van der Waals surface area contributed by atoms with Crippen molar-refractivity contribution in [3.63, 3.8) is 0 Å². The Balaban J connectivity index is 1.47. The van der Waals surface area contributed by atoms with Crippen LogP contribution in [0.25, 0.3) is 10.8 Å². The highest BCUT2D eigenvalue weighted by atomic mass is 16.3. The summed E-state index contributed by atoms with van der Waals surface area (Å²) in [6.07, 6.45) is 1.69. The fraction of sp³-hybridized carbons (Fsp3) is 0.200. The number of fused-ring (bicyclic) bond motifs is 2. The average molecular weight is 450 g/mol. The molecule has 0 fully saturated rings. The molecular weight excluding hydrogens is 422 g/mol. The predicted molar refractivity (Wildman–Crippen MR) is 135 cm³/mol. The number of anilines is 1. The van der Waals surface area contributed by atoms with Crippen molar-refractivity contribution in [2.45, 2.75) is 38.3 Å². The zero-order chi connectivity index (χ0) is 23.7. The molecule has 0 spiro atoms. The zero-order valence-corrected chi connectivity index (χ0v) is 19.2. The molecule has 34 heavy (non-hydrogen) atoms. The molecule has 0 aliphatic carbocycles. The number of carbonyl (C=O) groups is 2. The van der Waals surface area contributed by atoms with Crippen LogP contribution in [-0.4, -0.2) is 16.8 Å². The summed E-state index contributed by atoms with van der Waals surface area (Å²) >= 11 is 0. The Morgan fingerprint density at radius 2 is 1.59 bits per heavy atom. The smallest absolute Gasteiger partial charge is 0.264 e. The molecule has 1 N–H and O–H groups in total. The molecule has 1 aliphatic heterocycles. The number of nitrogens with zero attached hydrogens (tertiary/aromatic N) is 1. The van der Waals surface area contributed by atoms with Crippen molar-refractivity contribution in [3.05, 3.63) is 113 Å². The lowest BCUT2D eigenvalue weighted by atomic mass is 9.88. The van der Waals surface area contributed by atoms with Gasteiger partial charge in [-0.2, -0.15) is 0 Å². The van der Waals surface area contributed by atoms with Crippen LogP contribution in [0.3, 0.4) is 0 Å². The van der Waals surface area contributed by atoms with Gasteiger partial charge in [0.2, 0.25) is 0 Å². The summed E-state index contributed by atoms with van der Waals surface area (Å²) in [5.41, 5.74) is 1.90. The minimum Gasteiger partial charge on any atom is -0.375 e. The van der Waals surface area contributed by atoms with Gasteiger partial charge in [0.1, 0.15) is 0 Å². The van der Waals surface area contributed by atoms with E-state index in [1.165, 1.54) is 5.56 Å². The van der Waals surface area contributed by atoms with Gasteiger partial charge in [0, 0.05) is 11.1 Å². The monoisotopic (exact) mass is 449 g/mol. The van der Waals surface area contributed by atoms with E-state index in [4.69, 9.17) is 0 Å². The van der Waals surface area contributed by atoms with Crippen molar-refractivity contribution in [2.75, 3.05) is 4.90 Å². The maximum atomic E-state index is 13.7. The normalized spacial score (nSPS) is 17.2. The van der Waals surface area contributed by atoms with Crippen LogP contribution in [0.5, 0.6) is 0 Å². The van der Waals surface area contributed by atoms with E-state index in [0.29, 0.717) is 23.4 Å². The van der Waals surface area contributed by atoms with Crippen molar-refractivity contribution >= 4 is 28.2 Å². The summed E-state index contributed by atoms with van der Waals surface area (Å²) in [5, 5.41) is 13.8. The number of hydrogen-bond donors (Lipinski definition) is 1. The number of ketones is 1. The number of para-hydroxylation sites is 1. The lowest BCUT2D eigenvalue weighted by molar-refractivity contribution is -0.136. The van der Waals surface area contributed by atoms with Crippen molar-refractivity contribution < 1.29 is 14.7 Å². The molecule has 0 unspecified atom stereocenters. The Kier molecular flexibility index (Phi) is 5.76. The number of amides is 1. The summed E-state index contributed by atoms with van der Waals surface area (Å²) in [7, 11) is 0. The van der Waals surface area contributed by atoms with Crippen LogP contribution in [0.4, 0.5) is 5.69 Å². The molecule has 5 rings (SSSR count). The predicted octanol–water partition coefficient (Wildman–Crippen LogP) is 5.80. The molecule has 1 atom stereocenters. The van der Waals surface area contributed by atoms with E-state index in [-0.39, 0.29) is 12.2 Å². The van der Waals surface area contributed by atoms with Crippen molar-refractivity contribution in [1.29, 1.82) is 0 Å². The Hall–Kier alpha value is -3.76. The van der Waals surface area contributed by atoms with E-state index >= 15 is 0 Å². The number of hydrogen-bond acceptors (Lipinski definition) is 3. The Labute approximate surface area is 199 Å². The van der Waals surface area contributed by atoms with Crippen LogP contribution in [0.15, 0.2) is 91.0 Å². The summed E-state index contributed by atoms with van der Waals surface area (Å²) in [6.45, 7) is 2.43. The van der Waals surface area contributed by atoms with E-state index in [1.807, 2.05) is 66.7 Å². The van der Waals surface area contributed by atoms with Gasteiger partial charge in [-0.3, -0.25) is 9.59 Å². The van der Waals surface area contributed by atoms with Gasteiger partial charge in [-0.1, -0.05) is 98.3 Å². The standard InChI is InChI=1S/C30H27NO3/c1-2-8-21-15-17-23(18-16-21)28(32)19-30(34)26-13-5-6-14-27(26)31(29(30)33)20-24-11-7-10-22-9-3-4-12-25(22)24/h3-7,9-18,34H,2,8,19-20H2,1H3/t30-/m1/s1. The van der Waals surface area contributed by atoms with E-state index in [1.54, 1.807) is 29.2 Å². The molecule has 4 aromatic carbocycles. The van der Waals surface area contributed by atoms with Gasteiger partial charge in [0.05, 0.1) is 18.7 Å². The van der Waals surface area contributed by atoms with Gasteiger partial charge in [-0.25, -0.2) is 0 Å². The van der Waals surface area contributed by atoms with Gasteiger partial charge < -0.3 is 10.0 Å². The lowest BCUT2D eigenvalue weighted by Crippen LogP contribution is -2.41. The molecule has 0 aromatic heterocycles. The fourth-order valence-corrected chi connectivity index (χ4v) is 4.92. The number of rotatable bonds is 7. The van der Waals surface area contributed by atoms with Gasteiger partial charge >= 0.3 is 0 Å². The molecule has 4 nitrogen and oxygen atoms in total. The van der Waals surface area contributed by atoms with Crippen molar-refractivity contribution in [1.82, 2.24) is 0 Å². The van der Waals surface area contributed by atoms with Crippen molar-refractivity contribution in [2.24, 2.45) is 0 Å². The van der Waals surface area contributed by atoms with E-state index < -0.39 is 11.5 Å². The Bertz CT molecular complexity index is 1370. The maximum absolute atomic E-state index is 13.7. The zero-order valence-electron chi connectivity index (χ0n) is 19.2. The van der Waals surface area contributed by atoms with Crippen LogP contribution in [-0.2, 0) is 23.4 Å². The molecule has 0 saturated heterocycles. The summed E-state index contributed by atoms with van der Waals surface area (Å²) in [4.78, 5) is 28.4. The first kappa shape index (κ1) is 22.1. The van der Waals surface area contributed by atoms with Gasteiger partial charge in [0.15, 0.2) is 11.4 Å². The number of aryl methyl sites for hydroxylation is 1. The first-order valence-corrected chi connectivity index (χ1v) is 11.7. The summed E-state index contributed by atoms with van der Waals surface area (Å²) in [6, 6.07) is 28.7. The fourth-order valence-electron chi connectivity index (χ4n) is 4.92. The molecule has 0 radical (unpaired) electrons. The van der Waals surface area contributed by atoms with Crippen LogP contribution >= 0.6 is 0 Å². The van der Waals surface area contributed by atoms with Crippen molar-refractivity contribution in [3.8, 4) is 0 Å². The minimum atomic E-state index is -1.89. The van der Waals surface area contributed by atoms with Crippen LogP contribution in [0.2, 0.25) is 0 Å². The highest BCUT2D eigenvalue weighted by Crippen LogP contribution is 2.43. The third-order valence-corrected chi connectivity index (χ3v) is 6.68. The molecule has 4 heteroatoms. The molecule has 1 aliphatic rings. The second-order valence-electron chi connectivity index (χ2n) is 8.95. The number of carbonyl (C=O) groups excluding carboxylic acids is 2. The molecular formula is C30H27NO3. The first-order valence-electron chi connectivity index (χ1n) is 11.7. The number of aliphatic hydroxyl groups is 1. The maximum Gasteiger partial charge on any atom is 0.264 e. The quantitative estimate of drug-likeness (QED) is 0.363. The minimum absolute atomic E-state index is 0.249. The van der Waals surface area contributed by atoms with Crippen LogP contribution in [0, 0.1) is 0 Å². The average Bonchev–Trinajstić information content (AvgIpc) is 3.07. The topological polar surface area (TPSA) is 57.6 Å². The van der Waals surface area contributed by atoms with Gasteiger partial charge in [-0.15, -0.1) is 0 Å². The van der Waals surface area contributed by atoms with E-state index in [0.717, 1.165) is 29.2 Å². The van der Waals surface area contributed by atoms with Gasteiger partial charge in [-0.05, 0) is 34.4 Å². The van der Waals surface area contributed by atoms with E-state index in [9.17, 15) is 14.7 Å². The second kappa shape index (κ2) is 8.88. The third-order valence-electron chi connectivity index (χ3n) is 6.68. The summed E-state index contributed by atoms with van der Waals surface area (Å²) < 4.78 is 0. The highest BCUT2D eigenvalue weighted by Gasteiger charge is 2.50. The molecule has 4 aromatic rings. The molecule has 1 amide bonds. The lowest BCUT2D eigenvalue weighted by Gasteiger charge is -2.23. The first-order chi connectivity index (χ1) is 16.5. The van der Waals surface area contributed by atoms with Gasteiger partial charge in [0.25, 0.3) is 5.91 Å². The Morgan fingerprint density at radius 3 is 2.38 bits per heavy atom. The number of benzene rings is 4. The number of Topliss-reactive ketones (excluding diaryl/α,β-unsaturated/α-hetero) is 1. The summed E-state index contributed by atoms with van der Waals surface area (Å²) in [5.74, 6) is -0.710. The largest absolute Gasteiger partial charge is 0.375 e. The highest BCUT2D eigenvalue weighted by molar-refractivity contribution is 6.11. The molecule has 0 bridgehead atoms. The van der Waals surface area contributed by atoms with Crippen LogP contribution in [0.1, 0.15) is 46.8 Å². The third kappa shape index (κ3) is 3.80. The molecule has 0 saturated carbocycles. The SMILES string of the molecule is CCCc1ccc(C(=O)C[C@]2(O)C(=O)N(Cc3cccc4ccccc34)c3ccccc32)cc1.